The van der Waals surface area contributed by atoms with Gasteiger partial charge in [0.25, 0.3) is 0 Å². The summed E-state index contributed by atoms with van der Waals surface area (Å²) in [5.41, 5.74) is 7.18. The Hall–Kier alpha value is -0.970. The molecule has 0 saturated heterocycles. The molecular weight excluding hydrogens is 196 g/mol. The zero-order chi connectivity index (χ0) is 10.3. The fourth-order valence-electron chi connectivity index (χ4n) is 1.73. The predicted octanol–water partition coefficient (Wildman–Crippen LogP) is 1.19. The maximum Gasteiger partial charge on any atom is 0.142 e. The highest BCUT2D eigenvalue weighted by atomic mass is 32.1. The van der Waals surface area contributed by atoms with Crippen molar-refractivity contribution in [1.82, 2.24) is 15.0 Å². The minimum absolute atomic E-state index is 0.330. The van der Waals surface area contributed by atoms with Crippen LogP contribution in [0, 0.1) is 12.8 Å². The second kappa shape index (κ2) is 3.31. The molecule has 76 valence electrons. The molecule has 1 saturated carbocycles. The topological polar surface area (TPSA) is 56.7 Å². The summed E-state index contributed by atoms with van der Waals surface area (Å²) >= 11 is 4.89. The van der Waals surface area contributed by atoms with Crippen LogP contribution in [0.2, 0.25) is 0 Å². The number of rotatable bonds is 3. The maximum atomic E-state index is 5.54. The molecule has 1 aliphatic rings. The van der Waals surface area contributed by atoms with Crippen LogP contribution in [0.4, 0.5) is 0 Å². The highest BCUT2D eigenvalue weighted by Gasteiger charge is 2.31. The number of nitrogens with two attached hydrogens (primary N) is 1. The average Bonchev–Trinajstić information content (AvgIpc) is 2.88. The number of hydrogen-bond donors (Lipinski definition) is 1. The van der Waals surface area contributed by atoms with Gasteiger partial charge in [0.1, 0.15) is 10.7 Å². The molecule has 0 aromatic carbocycles. The smallest absolute Gasteiger partial charge is 0.142 e. The third kappa shape index (κ3) is 1.52. The molecule has 1 aliphatic carbocycles. The van der Waals surface area contributed by atoms with Gasteiger partial charge >= 0.3 is 0 Å². The van der Waals surface area contributed by atoms with E-state index >= 15 is 0 Å². The number of aromatic nitrogens is 3. The summed E-state index contributed by atoms with van der Waals surface area (Å²) in [5, 5.41) is 8.09. The van der Waals surface area contributed by atoms with Gasteiger partial charge in [-0.2, -0.15) is 0 Å². The largest absolute Gasteiger partial charge is 0.388 e. The lowest BCUT2D eigenvalue weighted by molar-refractivity contribution is 0.420. The third-order valence-electron chi connectivity index (χ3n) is 2.85. The highest BCUT2D eigenvalue weighted by Crippen LogP contribution is 2.39. The zero-order valence-corrected chi connectivity index (χ0v) is 9.21. The summed E-state index contributed by atoms with van der Waals surface area (Å²) in [6.45, 7) is 4.13. The minimum atomic E-state index is 0.330. The Morgan fingerprint density at radius 1 is 1.64 bits per heavy atom. The van der Waals surface area contributed by atoms with Crippen molar-refractivity contribution in [3.63, 3.8) is 0 Å². The van der Waals surface area contributed by atoms with E-state index in [0.717, 1.165) is 11.6 Å². The lowest BCUT2D eigenvalue weighted by atomic mass is 10.2. The van der Waals surface area contributed by atoms with E-state index in [4.69, 9.17) is 18.0 Å². The highest BCUT2D eigenvalue weighted by molar-refractivity contribution is 7.80. The van der Waals surface area contributed by atoms with Crippen molar-refractivity contribution in [2.45, 2.75) is 32.7 Å². The van der Waals surface area contributed by atoms with Gasteiger partial charge in [0.15, 0.2) is 0 Å². The van der Waals surface area contributed by atoms with Crippen molar-refractivity contribution in [2.75, 3.05) is 0 Å². The molecule has 1 aromatic rings. The van der Waals surface area contributed by atoms with Gasteiger partial charge in [0, 0.05) is 0 Å². The van der Waals surface area contributed by atoms with E-state index in [-0.39, 0.29) is 0 Å². The quantitative estimate of drug-likeness (QED) is 0.761. The first kappa shape index (κ1) is 9.58. The SMILES string of the molecule is Cc1c(C(N)=S)nnn1C(C)C1CC1. The molecule has 0 amide bonds. The van der Waals surface area contributed by atoms with Crippen molar-refractivity contribution in [3.8, 4) is 0 Å². The Balaban J connectivity index is 2.30. The van der Waals surface area contributed by atoms with Crippen LogP contribution in [0.3, 0.4) is 0 Å². The molecule has 1 aromatic heterocycles. The van der Waals surface area contributed by atoms with Gasteiger partial charge in [-0.25, -0.2) is 4.68 Å². The fraction of sp³-hybridized carbons (Fsp3) is 0.667. The van der Waals surface area contributed by atoms with Crippen LogP contribution in [0.5, 0.6) is 0 Å². The van der Waals surface area contributed by atoms with Crippen molar-refractivity contribution in [1.29, 1.82) is 0 Å². The second-order valence-corrected chi connectivity index (χ2v) is 4.35. The van der Waals surface area contributed by atoms with Gasteiger partial charge in [-0.05, 0) is 32.6 Å². The number of thiocarbonyl (C=S) groups is 1. The molecule has 1 fully saturated rings. The molecule has 2 rings (SSSR count). The molecular formula is C9H14N4S. The van der Waals surface area contributed by atoms with E-state index in [1.807, 2.05) is 11.6 Å². The first-order chi connectivity index (χ1) is 6.61. The molecule has 2 N–H and O–H groups in total. The molecule has 0 aliphatic heterocycles. The Morgan fingerprint density at radius 3 is 2.71 bits per heavy atom. The van der Waals surface area contributed by atoms with Gasteiger partial charge in [0.2, 0.25) is 0 Å². The second-order valence-electron chi connectivity index (χ2n) is 3.91. The normalized spacial score (nSPS) is 18.1. The Bertz CT molecular complexity index is 367. The molecule has 1 atom stereocenters. The van der Waals surface area contributed by atoms with Crippen molar-refractivity contribution in [2.24, 2.45) is 11.7 Å². The van der Waals surface area contributed by atoms with Crippen LogP contribution < -0.4 is 5.73 Å². The monoisotopic (exact) mass is 210 g/mol. The number of nitrogens with zero attached hydrogens (tertiary/aromatic N) is 3. The average molecular weight is 210 g/mol. The van der Waals surface area contributed by atoms with Gasteiger partial charge < -0.3 is 5.73 Å². The molecule has 14 heavy (non-hydrogen) atoms. The molecule has 5 heteroatoms. The van der Waals surface area contributed by atoms with Gasteiger partial charge in [-0.1, -0.05) is 17.4 Å². The van der Waals surface area contributed by atoms with Crippen LogP contribution in [0.25, 0.3) is 0 Å². The van der Waals surface area contributed by atoms with E-state index in [2.05, 4.69) is 17.2 Å². The molecule has 1 unspecified atom stereocenters. The first-order valence-corrected chi connectivity index (χ1v) is 5.23. The van der Waals surface area contributed by atoms with Crippen molar-refractivity contribution in [3.05, 3.63) is 11.4 Å². The van der Waals surface area contributed by atoms with E-state index in [9.17, 15) is 0 Å². The Labute approximate surface area is 88.5 Å². The summed E-state index contributed by atoms with van der Waals surface area (Å²) < 4.78 is 1.94. The van der Waals surface area contributed by atoms with Crippen molar-refractivity contribution >= 4 is 17.2 Å². The van der Waals surface area contributed by atoms with E-state index in [0.29, 0.717) is 16.7 Å². The predicted molar refractivity (Wildman–Crippen MR) is 58.1 cm³/mol. The van der Waals surface area contributed by atoms with E-state index in [1.54, 1.807) is 0 Å². The molecule has 1 heterocycles. The Kier molecular flexibility index (Phi) is 2.26. The number of hydrogen-bond acceptors (Lipinski definition) is 3. The molecule has 0 spiro atoms. The van der Waals surface area contributed by atoms with Crippen LogP contribution in [-0.2, 0) is 0 Å². The van der Waals surface area contributed by atoms with Gasteiger partial charge in [-0.3, -0.25) is 0 Å². The van der Waals surface area contributed by atoms with Crippen molar-refractivity contribution < 1.29 is 0 Å². The Morgan fingerprint density at radius 2 is 2.29 bits per heavy atom. The van der Waals surface area contributed by atoms with Gasteiger partial charge in [-0.15, -0.1) is 5.10 Å². The summed E-state index contributed by atoms with van der Waals surface area (Å²) in [5.74, 6) is 0.759. The lowest BCUT2D eigenvalue weighted by Gasteiger charge is -2.11. The molecule has 0 radical (unpaired) electrons. The van der Waals surface area contributed by atoms with Gasteiger partial charge in [0.05, 0.1) is 11.7 Å². The summed E-state index contributed by atoms with van der Waals surface area (Å²) in [7, 11) is 0. The standard InChI is InChI=1S/C9H14N4S/c1-5(7-3-4-7)13-6(2)8(9(10)14)11-12-13/h5,7H,3-4H2,1-2H3,(H2,10,14). The summed E-state index contributed by atoms with van der Waals surface area (Å²) in [6, 6.07) is 0.422. The lowest BCUT2D eigenvalue weighted by Crippen LogP contribution is -2.14. The van der Waals surface area contributed by atoms with Crippen LogP contribution in [-0.4, -0.2) is 20.0 Å². The van der Waals surface area contributed by atoms with Crippen LogP contribution in [0.15, 0.2) is 0 Å². The van der Waals surface area contributed by atoms with E-state index in [1.165, 1.54) is 12.8 Å². The third-order valence-corrected chi connectivity index (χ3v) is 3.04. The molecule has 0 bridgehead atoms. The zero-order valence-electron chi connectivity index (χ0n) is 8.40. The van der Waals surface area contributed by atoms with Crippen LogP contribution >= 0.6 is 12.2 Å². The molecule has 4 nitrogen and oxygen atoms in total. The first-order valence-electron chi connectivity index (χ1n) is 4.83. The summed E-state index contributed by atoms with van der Waals surface area (Å²) in [4.78, 5) is 0.330. The minimum Gasteiger partial charge on any atom is -0.388 e. The van der Waals surface area contributed by atoms with Crippen LogP contribution in [0.1, 0.15) is 37.2 Å². The maximum absolute atomic E-state index is 5.54. The fourth-order valence-corrected chi connectivity index (χ4v) is 1.92. The summed E-state index contributed by atoms with van der Waals surface area (Å²) in [6.07, 6.45) is 2.59. The van der Waals surface area contributed by atoms with E-state index < -0.39 is 0 Å².